The van der Waals surface area contributed by atoms with Crippen LogP contribution in [0.4, 0.5) is 10.5 Å². The number of halogens is 1. The molecular weight excluding hydrogens is 694 g/mol. The molecule has 1 unspecified atom stereocenters. The standard InChI is InChI=1S/C37H46ClN5O7S/c1-23(2)19-41(51(49,50)29-14-15-30(38)31(39)18-29)21-33(45)32(17-26-10-7-6-8-11-26)40-36(47)35(24(3)4)43-22-34(46)42(37(43)48)20-27-12-9-13-28(16-27)25(5)44/h6-16,18,23-24,32-33,35,45H,17,19-22,39H2,1-5H3,(H,40,47)/t32-,33+,35?/m0/s1. The zero-order chi connectivity index (χ0) is 37.6. The lowest BCUT2D eigenvalue weighted by Crippen LogP contribution is -2.57. The Morgan fingerprint density at radius 3 is 2.24 bits per heavy atom. The number of carbonyl (C=O) groups excluding carboxylic acids is 4. The fourth-order valence-corrected chi connectivity index (χ4v) is 7.85. The molecule has 51 heavy (non-hydrogen) atoms. The molecule has 12 nitrogen and oxygen atoms in total. The Bertz CT molecular complexity index is 1850. The van der Waals surface area contributed by atoms with Gasteiger partial charge in [0.25, 0.3) is 5.91 Å². The number of sulfonamides is 1. The van der Waals surface area contributed by atoms with E-state index in [2.05, 4.69) is 5.32 Å². The van der Waals surface area contributed by atoms with Gasteiger partial charge in [-0.05, 0) is 60.6 Å². The van der Waals surface area contributed by atoms with Crippen molar-refractivity contribution in [1.29, 1.82) is 0 Å². The van der Waals surface area contributed by atoms with Crippen LogP contribution in [0.25, 0.3) is 0 Å². The number of nitrogens with zero attached hydrogens (tertiary/aromatic N) is 3. The highest BCUT2D eigenvalue weighted by Gasteiger charge is 2.44. The summed E-state index contributed by atoms with van der Waals surface area (Å²) < 4.78 is 28.9. The van der Waals surface area contributed by atoms with E-state index in [0.717, 1.165) is 14.8 Å². The van der Waals surface area contributed by atoms with Crippen molar-refractivity contribution < 1.29 is 32.7 Å². The summed E-state index contributed by atoms with van der Waals surface area (Å²) in [5, 5.41) is 14.8. The van der Waals surface area contributed by atoms with Crippen molar-refractivity contribution in [1.82, 2.24) is 19.4 Å². The summed E-state index contributed by atoms with van der Waals surface area (Å²) in [7, 11) is -4.15. The fourth-order valence-electron chi connectivity index (χ4n) is 6.07. The molecule has 0 saturated carbocycles. The number of hydrogen-bond donors (Lipinski definition) is 3. The number of benzene rings is 3. The van der Waals surface area contributed by atoms with Gasteiger partial charge in [-0.2, -0.15) is 4.31 Å². The Hall–Kier alpha value is -4.30. The summed E-state index contributed by atoms with van der Waals surface area (Å²) in [5.41, 5.74) is 7.82. The summed E-state index contributed by atoms with van der Waals surface area (Å²) in [6.45, 7) is 7.92. The number of carbonyl (C=O) groups is 4. The van der Waals surface area contributed by atoms with Crippen LogP contribution in [0.1, 0.15) is 56.1 Å². The normalized spacial score (nSPS) is 15.5. The van der Waals surface area contributed by atoms with Gasteiger partial charge in [-0.25, -0.2) is 13.2 Å². The van der Waals surface area contributed by atoms with Crippen molar-refractivity contribution in [2.24, 2.45) is 11.8 Å². The molecule has 14 heteroatoms. The van der Waals surface area contributed by atoms with Crippen molar-refractivity contribution in [3.8, 4) is 0 Å². The van der Waals surface area contributed by atoms with E-state index in [0.29, 0.717) is 11.1 Å². The number of hydrogen-bond acceptors (Lipinski definition) is 8. The maximum Gasteiger partial charge on any atom is 0.328 e. The van der Waals surface area contributed by atoms with E-state index in [4.69, 9.17) is 17.3 Å². The van der Waals surface area contributed by atoms with E-state index in [1.807, 2.05) is 44.2 Å². The Labute approximate surface area is 304 Å². The van der Waals surface area contributed by atoms with Crippen LogP contribution in [0.2, 0.25) is 5.02 Å². The molecule has 0 aliphatic carbocycles. The summed E-state index contributed by atoms with van der Waals surface area (Å²) in [6, 6.07) is 17.1. The van der Waals surface area contributed by atoms with Gasteiger partial charge in [0.05, 0.1) is 34.3 Å². The Morgan fingerprint density at radius 2 is 1.63 bits per heavy atom. The van der Waals surface area contributed by atoms with E-state index in [9.17, 15) is 32.7 Å². The van der Waals surface area contributed by atoms with Gasteiger partial charge in [0.1, 0.15) is 12.6 Å². The third kappa shape index (κ3) is 9.73. The molecule has 0 bridgehead atoms. The third-order valence-electron chi connectivity index (χ3n) is 8.65. The van der Waals surface area contributed by atoms with Crippen molar-refractivity contribution in [2.75, 3.05) is 25.4 Å². The predicted molar refractivity (Wildman–Crippen MR) is 195 cm³/mol. The highest BCUT2D eigenvalue weighted by Crippen LogP contribution is 2.26. The Balaban J connectivity index is 1.60. The van der Waals surface area contributed by atoms with Crippen LogP contribution >= 0.6 is 11.6 Å². The lowest BCUT2D eigenvalue weighted by Gasteiger charge is -2.34. The lowest BCUT2D eigenvalue weighted by molar-refractivity contribution is -0.129. The molecule has 0 aromatic heterocycles. The zero-order valence-corrected chi connectivity index (χ0v) is 31.0. The molecule has 1 saturated heterocycles. The molecule has 0 spiro atoms. The number of rotatable bonds is 16. The van der Waals surface area contributed by atoms with E-state index in [-0.39, 0.29) is 59.9 Å². The van der Waals surface area contributed by atoms with E-state index in [1.54, 1.807) is 38.1 Å². The maximum absolute atomic E-state index is 14.1. The number of Topliss-reactive ketones (excluding diaryl/α,β-unsaturated/α-hetero) is 1. The number of amides is 4. The molecule has 1 heterocycles. The number of imide groups is 1. The first-order valence-electron chi connectivity index (χ1n) is 16.8. The first-order valence-corrected chi connectivity index (χ1v) is 18.6. The Morgan fingerprint density at radius 1 is 0.961 bits per heavy atom. The quantitative estimate of drug-likeness (QED) is 0.111. The second-order valence-electron chi connectivity index (χ2n) is 13.6. The van der Waals surface area contributed by atoms with Crippen LogP contribution in [0.15, 0.2) is 77.7 Å². The van der Waals surface area contributed by atoms with Gasteiger partial charge in [-0.15, -0.1) is 0 Å². The van der Waals surface area contributed by atoms with Gasteiger partial charge in [-0.1, -0.05) is 87.8 Å². The van der Waals surface area contributed by atoms with Crippen LogP contribution in [-0.2, 0) is 32.6 Å². The smallest absolute Gasteiger partial charge is 0.328 e. The van der Waals surface area contributed by atoms with Crippen molar-refractivity contribution in [2.45, 2.75) is 70.7 Å². The van der Waals surface area contributed by atoms with Crippen LogP contribution in [0, 0.1) is 11.8 Å². The van der Waals surface area contributed by atoms with Gasteiger partial charge in [-0.3, -0.25) is 19.3 Å². The zero-order valence-electron chi connectivity index (χ0n) is 29.5. The molecule has 4 amide bonds. The highest BCUT2D eigenvalue weighted by atomic mass is 35.5. The van der Waals surface area contributed by atoms with Gasteiger partial charge in [0.2, 0.25) is 15.9 Å². The number of aliphatic hydroxyl groups excluding tert-OH is 1. The molecule has 3 atom stereocenters. The molecule has 0 radical (unpaired) electrons. The van der Waals surface area contributed by atoms with Crippen LogP contribution in [-0.4, -0.2) is 89.1 Å². The van der Waals surface area contributed by atoms with E-state index >= 15 is 0 Å². The molecule has 3 aromatic rings. The SMILES string of the molecule is CC(=O)c1cccc(CN2C(=O)CN(C(C(=O)N[C@@H](Cc3ccccc3)[C@H](O)CN(CC(C)C)S(=O)(=O)c3ccc(Cl)c(N)c3)C(C)C)C2=O)c1. The van der Waals surface area contributed by atoms with Gasteiger partial charge in [0.15, 0.2) is 5.78 Å². The van der Waals surface area contributed by atoms with Crippen LogP contribution < -0.4 is 11.1 Å². The van der Waals surface area contributed by atoms with Crippen molar-refractivity contribution >= 4 is 50.9 Å². The number of nitrogen functional groups attached to an aromatic ring is 1. The Kier molecular flexibility index (Phi) is 13.0. The summed E-state index contributed by atoms with van der Waals surface area (Å²) in [6.07, 6.45) is -1.24. The first-order chi connectivity index (χ1) is 24.0. The fraction of sp³-hybridized carbons (Fsp3) is 0.405. The average Bonchev–Trinajstić information content (AvgIpc) is 3.33. The minimum Gasteiger partial charge on any atom is -0.397 e. The topological polar surface area (TPSA) is 170 Å². The van der Waals surface area contributed by atoms with Gasteiger partial charge >= 0.3 is 6.03 Å². The molecule has 1 aliphatic heterocycles. The molecule has 4 N–H and O–H groups in total. The monoisotopic (exact) mass is 739 g/mol. The van der Waals surface area contributed by atoms with E-state index in [1.165, 1.54) is 30.0 Å². The summed E-state index contributed by atoms with van der Waals surface area (Å²) in [4.78, 5) is 55.0. The van der Waals surface area contributed by atoms with Crippen molar-refractivity contribution in [3.05, 3.63) is 94.5 Å². The number of nitrogens with one attached hydrogen (secondary N) is 1. The van der Waals surface area contributed by atoms with Crippen molar-refractivity contribution in [3.63, 3.8) is 0 Å². The molecule has 3 aromatic carbocycles. The first kappa shape index (κ1) is 39.5. The van der Waals surface area contributed by atoms with E-state index < -0.39 is 52.0 Å². The number of nitrogens with two attached hydrogens (primary N) is 1. The summed E-state index contributed by atoms with van der Waals surface area (Å²) >= 11 is 6.05. The second-order valence-corrected chi connectivity index (χ2v) is 16.0. The molecule has 4 rings (SSSR count). The number of aliphatic hydroxyl groups is 1. The van der Waals surface area contributed by atoms with Gasteiger partial charge < -0.3 is 21.1 Å². The number of ketones is 1. The molecule has 274 valence electrons. The lowest BCUT2D eigenvalue weighted by atomic mass is 9.97. The number of anilines is 1. The molecular formula is C37H46ClN5O7S. The number of urea groups is 1. The molecule has 1 fully saturated rings. The van der Waals surface area contributed by atoms with Crippen LogP contribution in [0.3, 0.4) is 0 Å². The molecule has 1 aliphatic rings. The maximum atomic E-state index is 14.1. The predicted octanol–water partition coefficient (Wildman–Crippen LogP) is 4.35. The summed E-state index contributed by atoms with van der Waals surface area (Å²) in [5.74, 6) is -1.80. The van der Waals surface area contributed by atoms with Gasteiger partial charge in [0, 0.05) is 18.7 Å². The largest absolute Gasteiger partial charge is 0.397 e. The second kappa shape index (κ2) is 16.8. The average molecular weight is 740 g/mol. The highest BCUT2D eigenvalue weighted by molar-refractivity contribution is 7.89. The minimum absolute atomic E-state index is 0.0676. The third-order valence-corrected chi connectivity index (χ3v) is 10.8. The van der Waals surface area contributed by atoms with Crippen LogP contribution in [0.5, 0.6) is 0 Å². The minimum atomic E-state index is -4.15.